The molecule has 0 aliphatic carbocycles. The fraction of sp³-hybridized carbons (Fsp3) is 0.286. The summed E-state index contributed by atoms with van der Waals surface area (Å²) in [5.41, 5.74) is 2.70. The number of rotatable bonds is 4. The van der Waals surface area contributed by atoms with Gasteiger partial charge in [0.1, 0.15) is 11.5 Å². The number of piperidine rings is 1. The quantitative estimate of drug-likeness (QED) is 0.687. The summed E-state index contributed by atoms with van der Waals surface area (Å²) in [6.45, 7) is 1.44. The lowest BCUT2D eigenvalue weighted by Crippen LogP contribution is -2.41. The maximum Gasteiger partial charge on any atom is 0.323 e. The molecule has 1 aromatic carbocycles. The molecule has 0 atom stereocenters. The molecular formula is C21H21FN4OS. The average Bonchev–Trinajstić information content (AvgIpc) is 3.19. The molecule has 1 aliphatic rings. The second-order valence-corrected chi connectivity index (χ2v) is 7.80. The molecule has 0 radical (unpaired) electrons. The molecule has 3 heterocycles. The zero-order chi connectivity index (χ0) is 19.3. The Morgan fingerprint density at radius 1 is 1.14 bits per heavy atom. The van der Waals surface area contributed by atoms with Crippen LogP contribution in [-0.4, -0.2) is 34.0 Å². The van der Waals surface area contributed by atoms with Gasteiger partial charge in [0, 0.05) is 24.7 Å². The molecular weight excluding hydrogens is 375 g/mol. The van der Waals surface area contributed by atoms with Gasteiger partial charge >= 0.3 is 6.03 Å². The number of halogens is 1. The van der Waals surface area contributed by atoms with Gasteiger partial charge < -0.3 is 4.90 Å². The Balaban J connectivity index is 1.28. The average molecular weight is 396 g/mol. The summed E-state index contributed by atoms with van der Waals surface area (Å²) in [7, 11) is 0. The molecule has 0 saturated carbocycles. The summed E-state index contributed by atoms with van der Waals surface area (Å²) in [6.07, 6.45) is 4.54. The molecule has 1 fully saturated rings. The fourth-order valence-corrected chi connectivity index (χ4v) is 4.12. The van der Waals surface area contributed by atoms with Crippen molar-refractivity contribution < 1.29 is 9.18 Å². The van der Waals surface area contributed by atoms with Crippen molar-refractivity contribution >= 4 is 22.5 Å². The first-order valence-electron chi connectivity index (χ1n) is 9.35. The van der Waals surface area contributed by atoms with Crippen molar-refractivity contribution in [2.75, 3.05) is 18.4 Å². The lowest BCUT2D eigenvalue weighted by atomic mass is 9.90. The molecule has 28 heavy (non-hydrogen) atoms. The highest BCUT2D eigenvalue weighted by molar-refractivity contribution is 7.14. The Kier molecular flexibility index (Phi) is 5.62. The van der Waals surface area contributed by atoms with Crippen molar-refractivity contribution in [3.8, 4) is 11.4 Å². The molecule has 3 aromatic rings. The first-order valence-corrected chi connectivity index (χ1v) is 10.2. The first kappa shape index (κ1) is 18.6. The number of benzene rings is 1. The number of aromatic nitrogens is 2. The third kappa shape index (κ3) is 4.54. The molecule has 144 valence electrons. The monoisotopic (exact) mass is 396 g/mol. The van der Waals surface area contributed by atoms with Crippen LogP contribution in [0.1, 0.15) is 18.4 Å². The number of thiazole rings is 1. The number of hydrogen-bond donors (Lipinski definition) is 1. The van der Waals surface area contributed by atoms with Gasteiger partial charge in [-0.3, -0.25) is 10.3 Å². The molecule has 0 unspecified atom stereocenters. The molecule has 2 aromatic heterocycles. The van der Waals surface area contributed by atoms with Crippen molar-refractivity contribution in [2.24, 2.45) is 5.92 Å². The van der Waals surface area contributed by atoms with E-state index in [9.17, 15) is 9.18 Å². The second kappa shape index (κ2) is 8.48. The van der Waals surface area contributed by atoms with E-state index in [-0.39, 0.29) is 11.8 Å². The number of hydrogen-bond acceptors (Lipinski definition) is 4. The number of carbonyl (C=O) groups excluding carboxylic acids is 1. The number of likely N-dealkylation sites (tertiary alicyclic amines) is 1. The van der Waals surface area contributed by atoms with Crippen molar-refractivity contribution in [1.29, 1.82) is 0 Å². The Morgan fingerprint density at radius 2 is 1.93 bits per heavy atom. The van der Waals surface area contributed by atoms with Gasteiger partial charge in [-0.1, -0.05) is 18.2 Å². The summed E-state index contributed by atoms with van der Waals surface area (Å²) in [5, 5.41) is 5.38. The summed E-state index contributed by atoms with van der Waals surface area (Å²) >= 11 is 1.40. The van der Waals surface area contributed by atoms with E-state index in [1.807, 2.05) is 40.6 Å². The van der Waals surface area contributed by atoms with Crippen molar-refractivity contribution in [3.05, 3.63) is 65.4 Å². The van der Waals surface area contributed by atoms with Crippen LogP contribution in [0, 0.1) is 11.7 Å². The molecule has 4 rings (SSSR count). The van der Waals surface area contributed by atoms with Crippen LogP contribution in [-0.2, 0) is 6.42 Å². The zero-order valence-electron chi connectivity index (χ0n) is 15.3. The summed E-state index contributed by atoms with van der Waals surface area (Å²) < 4.78 is 13.0. The normalized spacial score (nSPS) is 14.8. The Morgan fingerprint density at radius 3 is 2.64 bits per heavy atom. The van der Waals surface area contributed by atoms with E-state index in [1.165, 1.54) is 23.5 Å². The maximum atomic E-state index is 13.0. The van der Waals surface area contributed by atoms with E-state index in [0.29, 0.717) is 11.0 Å². The second-order valence-electron chi connectivity index (χ2n) is 6.94. The number of amides is 2. The smallest absolute Gasteiger partial charge is 0.323 e. The molecule has 2 amide bonds. The molecule has 0 spiro atoms. The maximum absolute atomic E-state index is 13.0. The molecule has 1 N–H and O–H groups in total. The van der Waals surface area contributed by atoms with Crippen LogP contribution in [0.15, 0.2) is 54.0 Å². The summed E-state index contributed by atoms with van der Waals surface area (Å²) in [5.74, 6) is 0.314. The molecule has 1 aliphatic heterocycles. The minimum Gasteiger partial charge on any atom is -0.324 e. The minimum atomic E-state index is -0.205. The number of nitrogens with zero attached hydrogens (tertiary/aromatic N) is 3. The van der Waals surface area contributed by atoms with Gasteiger partial charge in [-0.2, -0.15) is 0 Å². The topological polar surface area (TPSA) is 58.1 Å². The number of carbonyl (C=O) groups is 1. The van der Waals surface area contributed by atoms with Crippen LogP contribution in [0.5, 0.6) is 0 Å². The van der Waals surface area contributed by atoms with Crippen LogP contribution in [0.3, 0.4) is 0 Å². The number of nitrogens with one attached hydrogen (secondary N) is 1. The predicted octanol–water partition coefficient (Wildman–Crippen LogP) is 4.83. The molecule has 7 heteroatoms. The van der Waals surface area contributed by atoms with Crippen molar-refractivity contribution in [2.45, 2.75) is 19.3 Å². The fourth-order valence-electron chi connectivity index (χ4n) is 3.43. The highest BCUT2D eigenvalue weighted by atomic mass is 32.1. The van der Waals surface area contributed by atoms with E-state index in [2.05, 4.69) is 15.3 Å². The highest BCUT2D eigenvalue weighted by Crippen LogP contribution is 2.25. The van der Waals surface area contributed by atoms with E-state index in [0.717, 1.165) is 49.3 Å². The van der Waals surface area contributed by atoms with Gasteiger partial charge in [-0.15, -0.1) is 11.3 Å². The number of pyridine rings is 1. The Hall–Kier alpha value is -2.80. The number of anilines is 1. The molecule has 0 bridgehead atoms. The van der Waals surface area contributed by atoms with E-state index in [4.69, 9.17) is 0 Å². The van der Waals surface area contributed by atoms with Crippen LogP contribution in [0.25, 0.3) is 11.4 Å². The minimum absolute atomic E-state index is 0.109. The van der Waals surface area contributed by atoms with Crippen molar-refractivity contribution in [1.82, 2.24) is 14.9 Å². The van der Waals surface area contributed by atoms with Crippen LogP contribution in [0.2, 0.25) is 0 Å². The van der Waals surface area contributed by atoms with Crippen LogP contribution in [0.4, 0.5) is 14.3 Å². The first-order chi connectivity index (χ1) is 13.7. The summed E-state index contributed by atoms with van der Waals surface area (Å²) in [6, 6.07) is 12.3. The SMILES string of the molecule is O=C(Nc1nc(-c2ccccn2)cs1)N1CCC(Cc2ccc(F)cc2)CC1. The largest absolute Gasteiger partial charge is 0.324 e. The van der Waals surface area contributed by atoms with Gasteiger partial charge in [-0.25, -0.2) is 14.2 Å². The summed E-state index contributed by atoms with van der Waals surface area (Å²) in [4.78, 5) is 23.1. The van der Waals surface area contributed by atoms with E-state index in [1.54, 1.807) is 6.20 Å². The number of urea groups is 1. The highest BCUT2D eigenvalue weighted by Gasteiger charge is 2.23. The Bertz CT molecular complexity index is 921. The predicted molar refractivity (Wildman–Crippen MR) is 109 cm³/mol. The standard InChI is InChI=1S/C21H21FN4OS/c22-17-6-4-15(5-7-17)13-16-8-11-26(12-9-16)21(27)25-20-24-19(14-28-20)18-3-1-2-10-23-18/h1-7,10,14,16H,8-9,11-13H2,(H,24,25,27). The van der Waals surface area contributed by atoms with E-state index < -0.39 is 0 Å². The van der Waals surface area contributed by atoms with Gasteiger partial charge in [0.2, 0.25) is 0 Å². The zero-order valence-corrected chi connectivity index (χ0v) is 16.2. The van der Waals surface area contributed by atoms with E-state index >= 15 is 0 Å². The third-order valence-corrected chi connectivity index (χ3v) is 5.74. The lowest BCUT2D eigenvalue weighted by molar-refractivity contribution is 0.182. The van der Waals surface area contributed by atoms with Gasteiger partial charge in [0.25, 0.3) is 0 Å². The molecule has 1 saturated heterocycles. The van der Waals surface area contributed by atoms with Gasteiger partial charge in [-0.05, 0) is 55.0 Å². The van der Waals surface area contributed by atoms with Crippen molar-refractivity contribution in [3.63, 3.8) is 0 Å². The lowest BCUT2D eigenvalue weighted by Gasteiger charge is -2.31. The third-order valence-electron chi connectivity index (χ3n) is 4.98. The van der Waals surface area contributed by atoms with Gasteiger partial charge in [0.15, 0.2) is 5.13 Å². The van der Waals surface area contributed by atoms with Crippen LogP contribution >= 0.6 is 11.3 Å². The molecule has 5 nitrogen and oxygen atoms in total. The Labute approximate surface area is 167 Å². The van der Waals surface area contributed by atoms with Gasteiger partial charge in [0.05, 0.1) is 5.69 Å². The van der Waals surface area contributed by atoms with Crippen LogP contribution < -0.4 is 5.32 Å².